The molecule has 0 bridgehead atoms. The van der Waals surface area contributed by atoms with Crippen molar-refractivity contribution in [2.24, 2.45) is 0 Å². The lowest BCUT2D eigenvalue weighted by atomic mass is 10.0. The van der Waals surface area contributed by atoms with E-state index in [1.54, 1.807) is 29.2 Å². The van der Waals surface area contributed by atoms with Crippen LogP contribution in [0.5, 0.6) is 5.75 Å². The van der Waals surface area contributed by atoms with E-state index in [4.69, 9.17) is 16.3 Å². The number of hydrogen-bond acceptors (Lipinski definition) is 4. The van der Waals surface area contributed by atoms with Crippen LogP contribution in [-0.2, 0) is 16.0 Å². The fourth-order valence-electron chi connectivity index (χ4n) is 3.64. The lowest BCUT2D eigenvalue weighted by Gasteiger charge is -2.37. The van der Waals surface area contributed by atoms with Crippen LogP contribution in [0.2, 0.25) is 5.02 Å². The number of amides is 2. The van der Waals surface area contributed by atoms with Gasteiger partial charge in [0.05, 0.1) is 6.04 Å². The Morgan fingerprint density at radius 2 is 2.20 bits per heavy atom. The molecule has 0 saturated heterocycles. The third-order valence-electron chi connectivity index (χ3n) is 5.28. The predicted octanol–water partition coefficient (Wildman–Crippen LogP) is 4.64. The molecule has 0 N–H and O–H groups in total. The Kier molecular flexibility index (Phi) is 7.56. The summed E-state index contributed by atoms with van der Waals surface area (Å²) < 4.78 is 6.06. The van der Waals surface area contributed by atoms with Gasteiger partial charge in [-0.25, -0.2) is 0 Å². The summed E-state index contributed by atoms with van der Waals surface area (Å²) in [5, 5.41) is 2.75. The monoisotopic (exact) mass is 446 g/mol. The van der Waals surface area contributed by atoms with Gasteiger partial charge in [-0.2, -0.15) is 0 Å². The molecule has 1 aromatic carbocycles. The molecule has 2 aromatic rings. The van der Waals surface area contributed by atoms with Gasteiger partial charge < -0.3 is 14.5 Å². The molecular weight excluding hydrogens is 420 g/mol. The van der Waals surface area contributed by atoms with Crippen molar-refractivity contribution in [2.45, 2.75) is 32.7 Å². The first-order valence-corrected chi connectivity index (χ1v) is 11.3. The largest absolute Gasteiger partial charge is 0.491 e. The maximum atomic E-state index is 13.2. The second-order valence-corrected chi connectivity index (χ2v) is 8.70. The Balaban J connectivity index is 1.78. The first-order valence-electron chi connectivity index (χ1n) is 10.1. The fraction of sp³-hybridized carbons (Fsp3) is 0.391. The Labute approximate surface area is 186 Å². The SMILES string of the molecule is C=CCN(CC(=O)N1CCc2sccc2[C@H]1COc1ccc(Cl)c(C)c1)C(=O)CC. The van der Waals surface area contributed by atoms with E-state index in [-0.39, 0.29) is 24.4 Å². The number of aryl methyl sites for hydroxylation is 1. The van der Waals surface area contributed by atoms with Gasteiger partial charge in [0, 0.05) is 29.4 Å². The average molecular weight is 447 g/mol. The lowest BCUT2D eigenvalue weighted by Crippen LogP contribution is -2.47. The molecule has 0 unspecified atom stereocenters. The predicted molar refractivity (Wildman–Crippen MR) is 121 cm³/mol. The molecule has 0 radical (unpaired) electrons. The minimum absolute atomic E-state index is 0.0503. The van der Waals surface area contributed by atoms with Crippen molar-refractivity contribution in [3.63, 3.8) is 0 Å². The molecule has 2 amide bonds. The number of hydrogen-bond donors (Lipinski definition) is 0. The number of nitrogens with zero attached hydrogens (tertiary/aromatic N) is 2. The summed E-state index contributed by atoms with van der Waals surface area (Å²) in [4.78, 5) is 30.1. The number of thiophene rings is 1. The molecule has 1 atom stereocenters. The molecule has 0 saturated carbocycles. The summed E-state index contributed by atoms with van der Waals surface area (Å²) in [6.45, 7) is 8.81. The Morgan fingerprint density at radius 1 is 1.40 bits per heavy atom. The van der Waals surface area contributed by atoms with Crippen LogP contribution in [0, 0.1) is 6.92 Å². The van der Waals surface area contributed by atoms with E-state index in [9.17, 15) is 9.59 Å². The Morgan fingerprint density at radius 3 is 2.90 bits per heavy atom. The number of rotatable bonds is 8. The van der Waals surface area contributed by atoms with Crippen LogP contribution < -0.4 is 4.74 Å². The molecule has 1 aliphatic rings. The number of carbonyl (C=O) groups is 2. The summed E-state index contributed by atoms with van der Waals surface area (Å²) in [6.07, 6.45) is 2.83. The minimum Gasteiger partial charge on any atom is -0.491 e. The number of ether oxygens (including phenoxy) is 1. The molecule has 30 heavy (non-hydrogen) atoms. The van der Waals surface area contributed by atoms with Crippen molar-refractivity contribution < 1.29 is 14.3 Å². The highest BCUT2D eigenvalue weighted by atomic mass is 35.5. The average Bonchev–Trinajstić information content (AvgIpc) is 3.22. The smallest absolute Gasteiger partial charge is 0.242 e. The molecule has 0 fully saturated rings. The zero-order chi connectivity index (χ0) is 21.7. The van der Waals surface area contributed by atoms with Crippen molar-refractivity contribution in [2.75, 3.05) is 26.2 Å². The van der Waals surface area contributed by atoms with Gasteiger partial charge in [0.2, 0.25) is 11.8 Å². The highest BCUT2D eigenvalue weighted by Gasteiger charge is 2.33. The molecule has 3 rings (SSSR count). The van der Waals surface area contributed by atoms with Gasteiger partial charge in [0.15, 0.2) is 0 Å². The quantitative estimate of drug-likeness (QED) is 0.555. The first kappa shape index (κ1) is 22.4. The van der Waals surface area contributed by atoms with Crippen LogP contribution in [0.1, 0.15) is 35.4 Å². The topological polar surface area (TPSA) is 49.9 Å². The molecule has 1 aliphatic heterocycles. The van der Waals surface area contributed by atoms with E-state index >= 15 is 0 Å². The normalized spacial score (nSPS) is 15.4. The van der Waals surface area contributed by atoms with Crippen LogP contribution in [0.4, 0.5) is 0 Å². The summed E-state index contributed by atoms with van der Waals surface area (Å²) in [5.41, 5.74) is 2.07. The zero-order valence-electron chi connectivity index (χ0n) is 17.4. The van der Waals surface area contributed by atoms with Gasteiger partial charge in [-0.05, 0) is 54.1 Å². The van der Waals surface area contributed by atoms with Crippen molar-refractivity contribution in [3.05, 3.63) is 63.3 Å². The third kappa shape index (κ3) is 5.05. The van der Waals surface area contributed by atoms with Gasteiger partial charge in [-0.1, -0.05) is 24.6 Å². The van der Waals surface area contributed by atoms with E-state index in [2.05, 4.69) is 18.0 Å². The van der Waals surface area contributed by atoms with E-state index in [1.807, 2.05) is 30.0 Å². The molecule has 7 heteroatoms. The van der Waals surface area contributed by atoms with Crippen LogP contribution in [0.3, 0.4) is 0 Å². The van der Waals surface area contributed by atoms with Crippen molar-refractivity contribution >= 4 is 34.8 Å². The van der Waals surface area contributed by atoms with Gasteiger partial charge in [0.25, 0.3) is 0 Å². The molecule has 2 heterocycles. The maximum absolute atomic E-state index is 13.2. The number of carbonyl (C=O) groups excluding carboxylic acids is 2. The standard InChI is InChI=1S/C23H27ClN2O3S/c1-4-10-25(22(27)5-2)14-23(28)26-11-8-21-18(9-12-30-21)20(26)15-29-17-6-7-19(24)16(3)13-17/h4,6-7,9,12-13,20H,1,5,8,10-11,14-15H2,2-3H3/t20-/m1/s1. The molecule has 0 spiro atoms. The molecule has 0 aliphatic carbocycles. The third-order valence-corrected chi connectivity index (χ3v) is 6.70. The van der Waals surface area contributed by atoms with Crippen LogP contribution in [0.15, 0.2) is 42.3 Å². The van der Waals surface area contributed by atoms with E-state index in [1.165, 1.54) is 4.88 Å². The van der Waals surface area contributed by atoms with Gasteiger partial charge in [-0.15, -0.1) is 17.9 Å². The van der Waals surface area contributed by atoms with Crippen molar-refractivity contribution in [1.29, 1.82) is 0 Å². The second-order valence-electron chi connectivity index (χ2n) is 7.29. The van der Waals surface area contributed by atoms with Crippen LogP contribution >= 0.6 is 22.9 Å². The highest BCUT2D eigenvalue weighted by Crippen LogP contribution is 2.34. The van der Waals surface area contributed by atoms with E-state index < -0.39 is 0 Å². The first-order chi connectivity index (χ1) is 14.4. The Bertz CT molecular complexity index is 927. The van der Waals surface area contributed by atoms with Crippen LogP contribution in [-0.4, -0.2) is 47.9 Å². The Hall–Kier alpha value is -2.31. The number of halogens is 1. The summed E-state index contributed by atoms with van der Waals surface area (Å²) in [7, 11) is 0. The summed E-state index contributed by atoms with van der Waals surface area (Å²) in [5.74, 6) is 0.596. The fourth-order valence-corrected chi connectivity index (χ4v) is 4.69. The van der Waals surface area contributed by atoms with Crippen molar-refractivity contribution in [1.82, 2.24) is 9.80 Å². The molecule has 1 aromatic heterocycles. The molecule has 160 valence electrons. The van der Waals surface area contributed by atoms with Crippen molar-refractivity contribution in [3.8, 4) is 5.75 Å². The molecule has 5 nitrogen and oxygen atoms in total. The van der Waals surface area contributed by atoms with E-state index in [0.717, 1.165) is 23.3 Å². The lowest BCUT2D eigenvalue weighted by molar-refractivity contribution is -0.142. The van der Waals surface area contributed by atoms with Gasteiger partial charge >= 0.3 is 0 Å². The molecular formula is C23H27ClN2O3S. The van der Waals surface area contributed by atoms with Gasteiger partial charge in [-0.3, -0.25) is 9.59 Å². The summed E-state index contributed by atoms with van der Waals surface area (Å²) >= 11 is 7.82. The van der Waals surface area contributed by atoms with E-state index in [0.29, 0.717) is 31.1 Å². The second kappa shape index (κ2) is 10.1. The minimum atomic E-state index is -0.189. The maximum Gasteiger partial charge on any atom is 0.242 e. The number of benzene rings is 1. The summed E-state index contributed by atoms with van der Waals surface area (Å²) in [6, 6.07) is 7.43. The number of fused-ring (bicyclic) bond motifs is 1. The highest BCUT2D eigenvalue weighted by molar-refractivity contribution is 7.10. The zero-order valence-corrected chi connectivity index (χ0v) is 19.0. The van der Waals surface area contributed by atoms with Crippen LogP contribution in [0.25, 0.3) is 0 Å². The van der Waals surface area contributed by atoms with Gasteiger partial charge in [0.1, 0.15) is 18.9 Å².